The molecule has 0 aliphatic carbocycles. The molecule has 1 fully saturated rings. The van der Waals surface area contributed by atoms with Crippen LogP contribution >= 0.6 is 15.9 Å². The fourth-order valence-corrected chi connectivity index (χ4v) is 4.87. The van der Waals surface area contributed by atoms with Crippen molar-refractivity contribution in [2.45, 2.75) is 19.1 Å². The SMILES string of the molecule is O=C1Cc2ccc(CCN3C(=O)CO[C@@H]3c3oc(-c4ccc(Br)cc4)nc3-c3ccc(F)cc3)cc2N1. The number of oxazole rings is 1. The highest BCUT2D eigenvalue weighted by molar-refractivity contribution is 9.10. The number of halogens is 2. The summed E-state index contributed by atoms with van der Waals surface area (Å²) in [5.74, 6) is 0.221. The van der Waals surface area contributed by atoms with E-state index in [4.69, 9.17) is 14.1 Å². The van der Waals surface area contributed by atoms with Crippen LogP contribution in [0.15, 0.2) is 75.6 Å². The zero-order chi connectivity index (χ0) is 25.5. The number of benzene rings is 3. The van der Waals surface area contributed by atoms with Gasteiger partial charge in [-0.25, -0.2) is 9.37 Å². The highest BCUT2D eigenvalue weighted by atomic mass is 79.9. The molecule has 9 heteroatoms. The third-order valence-electron chi connectivity index (χ3n) is 6.50. The van der Waals surface area contributed by atoms with E-state index in [1.807, 2.05) is 42.5 Å². The molecule has 0 saturated carbocycles. The zero-order valence-electron chi connectivity index (χ0n) is 19.5. The molecular formula is C28H21BrFN3O4. The van der Waals surface area contributed by atoms with Crippen molar-refractivity contribution in [3.8, 4) is 22.7 Å². The van der Waals surface area contributed by atoms with Crippen LogP contribution in [0.2, 0.25) is 0 Å². The zero-order valence-corrected chi connectivity index (χ0v) is 21.1. The van der Waals surface area contributed by atoms with Crippen LogP contribution in [0.3, 0.4) is 0 Å². The summed E-state index contributed by atoms with van der Waals surface area (Å²) in [6.07, 6.45) is 0.168. The van der Waals surface area contributed by atoms with Crippen molar-refractivity contribution in [3.63, 3.8) is 0 Å². The Balaban J connectivity index is 1.32. The van der Waals surface area contributed by atoms with Crippen molar-refractivity contribution >= 4 is 33.4 Å². The van der Waals surface area contributed by atoms with Crippen LogP contribution in [-0.4, -0.2) is 34.8 Å². The van der Waals surface area contributed by atoms with Gasteiger partial charge in [0.25, 0.3) is 5.91 Å². The lowest BCUT2D eigenvalue weighted by atomic mass is 10.1. The van der Waals surface area contributed by atoms with Gasteiger partial charge < -0.3 is 19.4 Å². The van der Waals surface area contributed by atoms with Crippen molar-refractivity contribution in [2.24, 2.45) is 0 Å². The molecule has 0 unspecified atom stereocenters. The molecule has 1 saturated heterocycles. The minimum absolute atomic E-state index is 0.0180. The second-order valence-electron chi connectivity index (χ2n) is 8.96. The largest absolute Gasteiger partial charge is 0.436 e. The number of nitrogens with one attached hydrogen (secondary N) is 1. The summed E-state index contributed by atoms with van der Waals surface area (Å²) >= 11 is 3.43. The van der Waals surface area contributed by atoms with Gasteiger partial charge in [-0.1, -0.05) is 28.1 Å². The molecule has 0 spiro atoms. The minimum atomic E-state index is -0.779. The Labute approximate surface area is 220 Å². The molecule has 6 rings (SSSR count). The quantitative estimate of drug-likeness (QED) is 0.336. The van der Waals surface area contributed by atoms with Gasteiger partial charge in [0.05, 0.1) is 6.42 Å². The fraction of sp³-hybridized carbons (Fsp3) is 0.179. The number of aromatic nitrogens is 1. The number of carbonyl (C=O) groups is 2. The van der Waals surface area contributed by atoms with E-state index in [2.05, 4.69) is 21.2 Å². The van der Waals surface area contributed by atoms with Crippen LogP contribution < -0.4 is 5.32 Å². The maximum atomic E-state index is 13.6. The summed E-state index contributed by atoms with van der Waals surface area (Å²) < 4.78 is 26.7. The summed E-state index contributed by atoms with van der Waals surface area (Å²) in [4.78, 5) is 30.9. The Kier molecular flexibility index (Phi) is 6.10. The van der Waals surface area contributed by atoms with Gasteiger partial charge in [-0.05, 0) is 72.1 Å². The molecule has 3 aromatic carbocycles. The van der Waals surface area contributed by atoms with E-state index >= 15 is 0 Å². The molecule has 2 aliphatic heterocycles. The fourth-order valence-electron chi connectivity index (χ4n) is 4.61. The first-order valence-corrected chi connectivity index (χ1v) is 12.6. The maximum absolute atomic E-state index is 13.6. The smallest absolute Gasteiger partial charge is 0.251 e. The van der Waals surface area contributed by atoms with Crippen LogP contribution in [0.4, 0.5) is 10.1 Å². The van der Waals surface area contributed by atoms with Gasteiger partial charge in [0.2, 0.25) is 11.8 Å². The van der Waals surface area contributed by atoms with E-state index in [0.29, 0.717) is 42.3 Å². The normalized spacial score (nSPS) is 16.8. The van der Waals surface area contributed by atoms with Gasteiger partial charge in [-0.15, -0.1) is 0 Å². The van der Waals surface area contributed by atoms with Crippen LogP contribution in [0.5, 0.6) is 0 Å². The highest BCUT2D eigenvalue weighted by Gasteiger charge is 2.38. The molecule has 1 aromatic heterocycles. The van der Waals surface area contributed by atoms with Crippen LogP contribution in [-0.2, 0) is 27.2 Å². The van der Waals surface area contributed by atoms with Crippen molar-refractivity contribution in [3.05, 3.63) is 93.9 Å². The minimum Gasteiger partial charge on any atom is -0.436 e. The molecule has 2 amide bonds. The van der Waals surface area contributed by atoms with E-state index in [1.165, 1.54) is 12.1 Å². The van der Waals surface area contributed by atoms with E-state index in [9.17, 15) is 14.0 Å². The van der Waals surface area contributed by atoms with Crippen LogP contribution in [0, 0.1) is 5.82 Å². The molecule has 2 aliphatic rings. The summed E-state index contributed by atoms with van der Waals surface area (Å²) in [5.41, 5.74) is 4.68. The van der Waals surface area contributed by atoms with Gasteiger partial charge in [0, 0.05) is 27.8 Å². The summed E-state index contributed by atoms with van der Waals surface area (Å²) in [7, 11) is 0. The summed E-state index contributed by atoms with van der Waals surface area (Å²) in [6.45, 7) is 0.301. The van der Waals surface area contributed by atoms with Crippen LogP contribution in [0.1, 0.15) is 23.1 Å². The molecule has 3 heterocycles. The number of amides is 2. The van der Waals surface area contributed by atoms with Gasteiger partial charge in [-0.2, -0.15) is 0 Å². The second-order valence-corrected chi connectivity index (χ2v) is 9.88. The first-order valence-electron chi connectivity index (χ1n) is 11.8. The molecule has 0 radical (unpaired) electrons. The van der Waals surface area contributed by atoms with E-state index in [1.54, 1.807) is 17.0 Å². The Morgan fingerprint density at radius 3 is 2.57 bits per heavy atom. The van der Waals surface area contributed by atoms with E-state index < -0.39 is 6.23 Å². The Bertz CT molecular complexity index is 1500. The lowest BCUT2D eigenvalue weighted by molar-refractivity contribution is -0.128. The summed E-state index contributed by atoms with van der Waals surface area (Å²) in [5, 5.41) is 2.86. The van der Waals surface area contributed by atoms with Gasteiger partial charge in [-0.3, -0.25) is 9.59 Å². The average molecular weight is 562 g/mol. The number of fused-ring (bicyclic) bond motifs is 1. The van der Waals surface area contributed by atoms with Gasteiger partial charge in [0.15, 0.2) is 12.0 Å². The topological polar surface area (TPSA) is 84.7 Å². The third-order valence-corrected chi connectivity index (χ3v) is 7.02. The number of anilines is 1. The summed E-state index contributed by atoms with van der Waals surface area (Å²) in [6, 6.07) is 19.4. The Morgan fingerprint density at radius 2 is 1.78 bits per heavy atom. The van der Waals surface area contributed by atoms with Crippen molar-refractivity contribution < 1.29 is 23.1 Å². The van der Waals surface area contributed by atoms with Gasteiger partial charge >= 0.3 is 0 Å². The molecule has 7 nitrogen and oxygen atoms in total. The predicted octanol–water partition coefficient (Wildman–Crippen LogP) is 5.50. The lowest BCUT2D eigenvalue weighted by Gasteiger charge is -2.22. The number of ether oxygens (including phenoxy) is 1. The average Bonchev–Trinajstić information content (AvgIpc) is 3.59. The number of hydrogen-bond donors (Lipinski definition) is 1. The molecule has 4 aromatic rings. The number of rotatable bonds is 6. The highest BCUT2D eigenvalue weighted by Crippen LogP contribution is 2.38. The standard InChI is InChI=1S/C28H21BrFN3O4/c29-20-7-3-18(4-8-20)27-32-25(17-5-9-21(30)10-6-17)26(37-27)28-33(24(35)15-36-28)12-11-16-1-2-19-14-23(34)31-22(19)13-16/h1-10,13,28H,11-12,14-15H2,(H,31,34)/t28-/m1/s1. The lowest BCUT2D eigenvalue weighted by Crippen LogP contribution is -2.30. The predicted molar refractivity (Wildman–Crippen MR) is 138 cm³/mol. The number of carbonyl (C=O) groups excluding carboxylic acids is 2. The molecule has 37 heavy (non-hydrogen) atoms. The van der Waals surface area contributed by atoms with Crippen molar-refractivity contribution in [1.29, 1.82) is 0 Å². The van der Waals surface area contributed by atoms with Gasteiger partial charge in [0.1, 0.15) is 18.1 Å². The molecule has 0 bridgehead atoms. The number of nitrogens with zero attached hydrogens (tertiary/aromatic N) is 2. The molecule has 186 valence electrons. The van der Waals surface area contributed by atoms with Crippen molar-refractivity contribution in [1.82, 2.24) is 9.88 Å². The molecular weight excluding hydrogens is 541 g/mol. The molecule has 1 N–H and O–H groups in total. The van der Waals surface area contributed by atoms with E-state index in [-0.39, 0.29) is 24.2 Å². The van der Waals surface area contributed by atoms with Crippen LogP contribution in [0.25, 0.3) is 22.7 Å². The number of hydrogen-bond acceptors (Lipinski definition) is 5. The van der Waals surface area contributed by atoms with E-state index in [0.717, 1.165) is 26.9 Å². The second kappa shape index (κ2) is 9.57. The third kappa shape index (κ3) is 4.68. The monoisotopic (exact) mass is 561 g/mol. The maximum Gasteiger partial charge on any atom is 0.251 e. The molecule has 1 atom stereocenters. The van der Waals surface area contributed by atoms with Crippen molar-refractivity contribution in [2.75, 3.05) is 18.5 Å². The Morgan fingerprint density at radius 1 is 1.03 bits per heavy atom. The first-order chi connectivity index (χ1) is 17.9. The first kappa shape index (κ1) is 23.6. The Hall–Kier alpha value is -3.82.